The van der Waals surface area contributed by atoms with E-state index < -0.39 is 0 Å². The highest BCUT2D eigenvalue weighted by atomic mass is 16.5. The molecule has 1 aromatic carbocycles. The first-order chi connectivity index (χ1) is 12.6. The quantitative estimate of drug-likeness (QED) is 0.750. The van der Waals surface area contributed by atoms with E-state index in [2.05, 4.69) is 10.2 Å². The lowest BCUT2D eigenvalue weighted by molar-refractivity contribution is -0.133. The van der Waals surface area contributed by atoms with Crippen LogP contribution in [0.3, 0.4) is 0 Å². The van der Waals surface area contributed by atoms with Gasteiger partial charge in [0.25, 0.3) is 5.91 Å². The molecule has 1 aliphatic heterocycles. The number of hydrogen-bond donors (Lipinski definition) is 1. The third-order valence-corrected chi connectivity index (χ3v) is 4.18. The maximum Gasteiger partial charge on any atom is 0.260 e. The summed E-state index contributed by atoms with van der Waals surface area (Å²) in [7, 11) is 0. The number of carbonyl (C=O) groups excluding carboxylic acids is 2. The maximum atomic E-state index is 12.5. The number of para-hydroxylation sites is 2. The first-order valence-electron chi connectivity index (χ1n) is 9.25. The summed E-state index contributed by atoms with van der Waals surface area (Å²) < 4.78 is 11.2. The normalized spacial score (nSPS) is 15.2. The Bertz CT molecular complexity index is 594. The summed E-state index contributed by atoms with van der Waals surface area (Å²) in [6.45, 7) is 8.16. The third-order valence-electron chi connectivity index (χ3n) is 4.18. The SMILES string of the molecule is CCNC(=O)CN1CCCN(C(=O)COc2ccccc2OCC)CC1. The fourth-order valence-corrected chi connectivity index (χ4v) is 2.91. The lowest BCUT2D eigenvalue weighted by Crippen LogP contribution is -2.40. The van der Waals surface area contributed by atoms with Crippen LogP contribution < -0.4 is 14.8 Å². The topological polar surface area (TPSA) is 71.1 Å². The van der Waals surface area contributed by atoms with Crippen LogP contribution in [-0.2, 0) is 9.59 Å². The van der Waals surface area contributed by atoms with Gasteiger partial charge >= 0.3 is 0 Å². The van der Waals surface area contributed by atoms with E-state index in [0.717, 1.165) is 13.0 Å². The Kier molecular flexibility index (Phi) is 8.21. The molecule has 0 atom stereocenters. The maximum absolute atomic E-state index is 12.5. The second kappa shape index (κ2) is 10.7. The molecule has 7 nitrogen and oxygen atoms in total. The average Bonchev–Trinajstić information content (AvgIpc) is 2.87. The molecule has 7 heteroatoms. The fraction of sp³-hybridized carbons (Fsp3) is 0.579. The van der Waals surface area contributed by atoms with Crippen molar-refractivity contribution in [3.8, 4) is 11.5 Å². The molecule has 0 spiro atoms. The largest absolute Gasteiger partial charge is 0.490 e. The van der Waals surface area contributed by atoms with Gasteiger partial charge in [0.15, 0.2) is 18.1 Å². The Morgan fingerprint density at radius 1 is 1.04 bits per heavy atom. The molecule has 1 saturated heterocycles. The second-order valence-corrected chi connectivity index (χ2v) is 6.13. The van der Waals surface area contributed by atoms with E-state index in [1.54, 1.807) is 11.0 Å². The molecule has 1 fully saturated rings. The number of rotatable bonds is 8. The van der Waals surface area contributed by atoms with Crippen LogP contribution in [0.4, 0.5) is 0 Å². The summed E-state index contributed by atoms with van der Waals surface area (Å²) in [5.41, 5.74) is 0. The summed E-state index contributed by atoms with van der Waals surface area (Å²) >= 11 is 0. The minimum atomic E-state index is -0.0452. The van der Waals surface area contributed by atoms with Gasteiger partial charge in [-0.25, -0.2) is 0 Å². The van der Waals surface area contributed by atoms with E-state index in [1.165, 1.54) is 0 Å². The van der Waals surface area contributed by atoms with E-state index in [-0.39, 0.29) is 18.4 Å². The van der Waals surface area contributed by atoms with E-state index in [1.807, 2.05) is 32.0 Å². The summed E-state index contributed by atoms with van der Waals surface area (Å²) in [4.78, 5) is 28.1. The van der Waals surface area contributed by atoms with Crippen LogP contribution in [0.5, 0.6) is 11.5 Å². The van der Waals surface area contributed by atoms with Crippen molar-refractivity contribution in [1.82, 2.24) is 15.1 Å². The van der Waals surface area contributed by atoms with Crippen molar-refractivity contribution >= 4 is 11.8 Å². The minimum absolute atomic E-state index is 0.0135. The van der Waals surface area contributed by atoms with Crippen LogP contribution in [0, 0.1) is 0 Å². The van der Waals surface area contributed by atoms with Gasteiger partial charge in [-0.15, -0.1) is 0 Å². The summed E-state index contributed by atoms with van der Waals surface area (Å²) in [6, 6.07) is 7.36. The molecule has 2 rings (SSSR count). The fourth-order valence-electron chi connectivity index (χ4n) is 2.91. The lowest BCUT2D eigenvalue weighted by Gasteiger charge is -2.22. The molecule has 0 bridgehead atoms. The number of nitrogens with zero attached hydrogens (tertiary/aromatic N) is 2. The van der Waals surface area contributed by atoms with E-state index in [4.69, 9.17) is 9.47 Å². The zero-order chi connectivity index (χ0) is 18.8. The van der Waals surface area contributed by atoms with Gasteiger partial charge in [-0.05, 0) is 32.4 Å². The number of likely N-dealkylation sites (N-methyl/N-ethyl adjacent to an activating group) is 1. The van der Waals surface area contributed by atoms with Crippen molar-refractivity contribution in [2.75, 3.05) is 52.5 Å². The summed E-state index contributed by atoms with van der Waals surface area (Å²) in [6.07, 6.45) is 0.848. The Morgan fingerprint density at radius 3 is 2.46 bits per heavy atom. The van der Waals surface area contributed by atoms with Crippen LogP contribution in [0.25, 0.3) is 0 Å². The molecule has 2 amide bonds. The Balaban J connectivity index is 1.82. The number of benzene rings is 1. The molecule has 0 radical (unpaired) electrons. The van der Waals surface area contributed by atoms with Gasteiger partial charge in [0.2, 0.25) is 5.91 Å². The molecule has 0 unspecified atom stereocenters. The smallest absolute Gasteiger partial charge is 0.260 e. The van der Waals surface area contributed by atoms with Crippen molar-refractivity contribution in [3.05, 3.63) is 24.3 Å². The van der Waals surface area contributed by atoms with Crippen LogP contribution in [0.2, 0.25) is 0 Å². The molecule has 1 N–H and O–H groups in total. The number of carbonyl (C=O) groups is 2. The van der Waals surface area contributed by atoms with Crippen molar-refractivity contribution < 1.29 is 19.1 Å². The molecular weight excluding hydrogens is 334 g/mol. The first-order valence-corrected chi connectivity index (χ1v) is 9.25. The van der Waals surface area contributed by atoms with Crippen molar-refractivity contribution in [3.63, 3.8) is 0 Å². The molecular formula is C19H29N3O4. The molecule has 1 aliphatic rings. The molecule has 0 aliphatic carbocycles. The highest BCUT2D eigenvalue weighted by molar-refractivity contribution is 5.78. The Hall–Kier alpha value is -2.28. The zero-order valence-electron chi connectivity index (χ0n) is 15.7. The van der Waals surface area contributed by atoms with Gasteiger partial charge in [-0.3, -0.25) is 14.5 Å². The first kappa shape index (κ1) is 20.0. The predicted octanol–water partition coefficient (Wildman–Crippen LogP) is 1.13. The van der Waals surface area contributed by atoms with E-state index in [9.17, 15) is 9.59 Å². The molecule has 0 saturated carbocycles. The van der Waals surface area contributed by atoms with Gasteiger partial charge in [0.1, 0.15) is 0 Å². The van der Waals surface area contributed by atoms with Gasteiger partial charge < -0.3 is 19.7 Å². The highest BCUT2D eigenvalue weighted by Crippen LogP contribution is 2.26. The minimum Gasteiger partial charge on any atom is -0.490 e. The number of amides is 2. The van der Waals surface area contributed by atoms with Crippen molar-refractivity contribution in [2.24, 2.45) is 0 Å². The number of ether oxygens (including phenoxy) is 2. The van der Waals surface area contributed by atoms with Crippen molar-refractivity contribution in [1.29, 1.82) is 0 Å². The Labute approximate surface area is 155 Å². The van der Waals surface area contributed by atoms with Gasteiger partial charge in [0, 0.05) is 32.7 Å². The third kappa shape index (κ3) is 6.22. The van der Waals surface area contributed by atoms with E-state index >= 15 is 0 Å². The van der Waals surface area contributed by atoms with Gasteiger partial charge in [-0.2, -0.15) is 0 Å². The predicted molar refractivity (Wildman–Crippen MR) is 99.4 cm³/mol. The molecule has 26 heavy (non-hydrogen) atoms. The summed E-state index contributed by atoms with van der Waals surface area (Å²) in [5, 5.41) is 2.81. The molecule has 0 aromatic heterocycles. The van der Waals surface area contributed by atoms with Crippen LogP contribution in [0.1, 0.15) is 20.3 Å². The monoisotopic (exact) mass is 363 g/mol. The lowest BCUT2D eigenvalue weighted by atomic mass is 10.3. The molecule has 144 valence electrons. The van der Waals surface area contributed by atoms with Crippen molar-refractivity contribution in [2.45, 2.75) is 20.3 Å². The average molecular weight is 363 g/mol. The van der Waals surface area contributed by atoms with Gasteiger partial charge in [0.05, 0.1) is 13.2 Å². The van der Waals surface area contributed by atoms with Crippen LogP contribution in [0.15, 0.2) is 24.3 Å². The number of hydrogen-bond acceptors (Lipinski definition) is 5. The van der Waals surface area contributed by atoms with Gasteiger partial charge in [-0.1, -0.05) is 12.1 Å². The standard InChI is InChI=1S/C19H29N3O4/c1-3-20-18(23)14-21-10-7-11-22(13-12-21)19(24)15-26-17-9-6-5-8-16(17)25-4-2/h5-6,8-9H,3-4,7,10-15H2,1-2H3,(H,20,23). The zero-order valence-corrected chi connectivity index (χ0v) is 15.7. The highest BCUT2D eigenvalue weighted by Gasteiger charge is 2.21. The second-order valence-electron chi connectivity index (χ2n) is 6.13. The molecule has 1 aromatic rings. The molecule has 1 heterocycles. The van der Waals surface area contributed by atoms with Crippen LogP contribution >= 0.6 is 0 Å². The Morgan fingerprint density at radius 2 is 1.77 bits per heavy atom. The number of nitrogens with one attached hydrogen (secondary N) is 1. The van der Waals surface area contributed by atoms with Crippen LogP contribution in [-0.4, -0.2) is 74.1 Å². The summed E-state index contributed by atoms with van der Waals surface area (Å²) in [5.74, 6) is 1.21. The van der Waals surface area contributed by atoms with E-state index in [0.29, 0.717) is 50.8 Å².